The van der Waals surface area contributed by atoms with Gasteiger partial charge in [-0.05, 0) is 57.9 Å². The Hall–Kier alpha value is -3.02. The quantitative estimate of drug-likeness (QED) is 0.676. The minimum Gasteiger partial charge on any atom is -0.439 e. The average molecular weight is 336 g/mol. The van der Waals surface area contributed by atoms with Gasteiger partial charge in [-0.1, -0.05) is 6.07 Å². The number of benzene rings is 1. The topological polar surface area (TPSA) is 69.9 Å². The lowest BCUT2D eigenvalue weighted by atomic mass is 10.1. The standard InChI is InChI=1S/C19H20N4O2/c1-11-6-12(2)8-16(7-11)25-19-9-18(21-15(5)22-19)23-13(3)17(10-20-23)14(4)24/h6-10H,1-5H3. The van der Waals surface area contributed by atoms with Crippen molar-refractivity contribution in [3.05, 3.63) is 58.7 Å². The molecule has 0 aliphatic carbocycles. The number of ketones is 1. The normalized spacial score (nSPS) is 10.8. The maximum absolute atomic E-state index is 11.6. The average Bonchev–Trinajstić information content (AvgIpc) is 2.87. The van der Waals surface area contributed by atoms with Gasteiger partial charge in [0.15, 0.2) is 11.6 Å². The molecule has 0 spiro atoms. The molecule has 128 valence electrons. The second kappa shape index (κ2) is 6.47. The fraction of sp³-hybridized carbons (Fsp3) is 0.263. The molecule has 0 saturated carbocycles. The van der Waals surface area contributed by atoms with Gasteiger partial charge in [-0.15, -0.1) is 0 Å². The van der Waals surface area contributed by atoms with Gasteiger partial charge >= 0.3 is 0 Å². The number of carbonyl (C=O) groups is 1. The molecule has 0 aliphatic rings. The molecule has 0 aliphatic heterocycles. The molecular formula is C19H20N4O2. The summed E-state index contributed by atoms with van der Waals surface area (Å²) in [6, 6.07) is 7.71. The SMILES string of the molecule is CC(=O)c1cnn(-c2cc(Oc3cc(C)cc(C)c3)nc(C)n2)c1C. The van der Waals surface area contributed by atoms with Gasteiger partial charge in [-0.2, -0.15) is 10.1 Å². The van der Waals surface area contributed by atoms with Crippen molar-refractivity contribution in [3.8, 4) is 17.4 Å². The molecular weight excluding hydrogens is 316 g/mol. The van der Waals surface area contributed by atoms with E-state index in [1.807, 2.05) is 32.9 Å². The summed E-state index contributed by atoms with van der Waals surface area (Å²) in [6.07, 6.45) is 1.56. The number of aryl methyl sites for hydroxylation is 3. The summed E-state index contributed by atoms with van der Waals surface area (Å²) in [5, 5.41) is 4.27. The summed E-state index contributed by atoms with van der Waals surface area (Å²) in [6.45, 7) is 9.20. The van der Waals surface area contributed by atoms with Gasteiger partial charge in [0.2, 0.25) is 5.88 Å². The Morgan fingerprint density at radius 2 is 1.68 bits per heavy atom. The number of hydrogen-bond donors (Lipinski definition) is 0. The predicted molar refractivity (Wildman–Crippen MR) is 94.6 cm³/mol. The lowest BCUT2D eigenvalue weighted by Gasteiger charge is -2.10. The molecule has 2 aromatic heterocycles. The summed E-state index contributed by atoms with van der Waals surface area (Å²) in [5.74, 6) is 2.27. The third kappa shape index (κ3) is 3.57. The van der Waals surface area contributed by atoms with E-state index in [1.165, 1.54) is 6.92 Å². The van der Waals surface area contributed by atoms with Crippen LogP contribution in [-0.4, -0.2) is 25.5 Å². The molecule has 3 aromatic rings. The fourth-order valence-corrected chi connectivity index (χ4v) is 2.78. The number of rotatable bonds is 4. The van der Waals surface area contributed by atoms with Crippen molar-refractivity contribution in [1.29, 1.82) is 0 Å². The van der Waals surface area contributed by atoms with Crippen LogP contribution < -0.4 is 4.74 Å². The minimum absolute atomic E-state index is 0.0266. The Morgan fingerprint density at radius 1 is 1.00 bits per heavy atom. The van der Waals surface area contributed by atoms with E-state index in [0.717, 1.165) is 22.6 Å². The predicted octanol–water partition coefficient (Wildman–Crippen LogP) is 3.89. The Bertz CT molecular complexity index is 940. The maximum Gasteiger partial charge on any atom is 0.224 e. The van der Waals surface area contributed by atoms with Gasteiger partial charge in [0.25, 0.3) is 0 Å². The van der Waals surface area contributed by atoms with E-state index in [9.17, 15) is 4.79 Å². The van der Waals surface area contributed by atoms with Crippen molar-refractivity contribution in [2.75, 3.05) is 0 Å². The first-order chi connectivity index (χ1) is 11.8. The van der Waals surface area contributed by atoms with Gasteiger partial charge in [0, 0.05) is 6.07 Å². The highest BCUT2D eigenvalue weighted by molar-refractivity contribution is 5.94. The first kappa shape index (κ1) is 16.8. The van der Waals surface area contributed by atoms with E-state index < -0.39 is 0 Å². The molecule has 0 bridgehead atoms. The highest BCUT2D eigenvalue weighted by Crippen LogP contribution is 2.24. The second-order valence-corrected chi connectivity index (χ2v) is 6.15. The number of nitrogens with zero attached hydrogens (tertiary/aromatic N) is 4. The van der Waals surface area contributed by atoms with Crippen molar-refractivity contribution in [3.63, 3.8) is 0 Å². The zero-order valence-corrected chi connectivity index (χ0v) is 15.0. The molecule has 3 rings (SSSR count). The molecule has 6 heteroatoms. The molecule has 0 radical (unpaired) electrons. The number of aromatic nitrogens is 4. The van der Waals surface area contributed by atoms with Crippen molar-refractivity contribution in [2.24, 2.45) is 0 Å². The number of hydrogen-bond acceptors (Lipinski definition) is 5. The van der Waals surface area contributed by atoms with Crippen LogP contribution in [0.5, 0.6) is 11.6 Å². The van der Waals surface area contributed by atoms with Crippen LogP contribution in [0.15, 0.2) is 30.5 Å². The monoisotopic (exact) mass is 336 g/mol. The molecule has 25 heavy (non-hydrogen) atoms. The van der Waals surface area contributed by atoms with Gasteiger partial charge in [-0.25, -0.2) is 9.67 Å². The maximum atomic E-state index is 11.6. The van der Waals surface area contributed by atoms with E-state index in [-0.39, 0.29) is 5.78 Å². The molecule has 1 aromatic carbocycles. The summed E-state index contributed by atoms with van der Waals surface area (Å²) >= 11 is 0. The molecule has 0 fully saturated rings. The van der Waals surface area contributed by atoms with Crippen LogP contribution in [0.2, 0.25) is 0 Å². The number of ether oxygens (including phenoxy) is 1. The molecule has 0 saturated heterocycles. The third-order valence-corrected chi connectivity index (χ3v) is 3.82. The van der Waals surface area contributed by atoms with Crippen molar-refractivity contribution < 1.29 is 9.53 Å². The van der Waals surface area contributed by atoms with Crippen LogP contribution in [0.1, 0.15) is 39.9 Å². The van der Waals surface area contributed by atoms with E-state index in [1.54, 1.807) is 23.9 Å². The summed E-state index contributed by atoms with van der Waals surface area (Å²) in [7, 11) is 0. The summed E-state index contributed by atoms with van der Waals surface area (Å²) in [5.41, 5.74) is 3.56. The molecule has 6 nitrogen and oxygen atoms in total. The molecule has 0 amide bonds. The highest BCUT2D eigenvalue weighted by atomic mass is 16.5. The Balaban J connectivity index is 2.00. The minimum atomic E-state index is -0.0266. The largest absolute Gasteiger partial charge is 0.439 e. The number of Topliss-reactive ketones (excluding diaryl/α,β-unsaturated/α-hetero) is 1. The first-order valence-corrected chi connectivity index (χ1v) is 8.01. The second-order valence-electron chi connectivity index (χ2n) is 6.15. The van der Waals surface area contributed by atoms with Crippen LogP contribution in [0.3, 0.4) is 0 Å². The van der Waals surface area contributed by atoms with Crippen molar-refractivity contribution in [1.82, 2.24) is 19.7 Å². The van der Waals surface area contributed by atoms with E-state index in [0.29, 0.717) is 23.1 Å². The molecule has 2 heterocycles. The zero-order valence-electron chi connectivity index (χ0n) is 15.0. The Kier molecular flexibility index (Phi) is 4.35. The first-order valence-electron chi connectivity index (χ1n) is 8.01. The van der Waals surface area contributed by atoms with Crippen LogP contribution >= 0.6 is 0 Å². The highest BCUT2D eigenvalue weighted by Gasteiger charge is 2.14. The lowest BCUT2D eigenvalue weighted by molar-refractivity contribution is 0.101. The Morgan fingerprint density at radius 3 is 2.28 bits per heavy atom. The molecule has 0 N–H and O–H groups in total. The lowest BCUT2D eigenvalue weighted by Crippen LogP contribution is -2.06. The van der Waals surface area contributed by atoms with Gasteiger partial charge in [0.05, 0.1) is 17.5 Å². The smallest absolute Gasteiger partial charge is 0.224 e. The van der Waals surface area contributed by atoms with Gasteiger partial charge < -0.3 is 4.74 Å². The zero-order chi connectivity index (χ0) is 18.1. The van der Waals surface area contributed by atoms with Crippen LogP contribution in [-0.2, 0) is 0 Å². The van der Waals surface area contributed by atoms with Crippen molar-refractivity contribution >= 4 is 5.78 Å². The fourth-order valence-electron chi connectivity index (χ4n) is 2.78. The molecule has 0 unspecified atom stereocenters. The van der Waals surface area contributed by atoms with E-state index >= 15 is 0 Å². The van der Waals surface area contributed by atoms with Crippen LogP contribution in [0.4, 0.5) is 0 Å². The van der Waals surface area contributed by atoms with E-state index in [4.69, 9.17) is 4.74 Å². The van der Waals surface area contributed by atoms with Gasteiger partial charge in [0.1, 0.15) is 11.6 Å². The molecule has 0 atom stereocenters. The van der Waals surface area contributed by atoms with Crippen LogP contribution in [0, 0.1) is 27.7 Å². The van der Waals surface area contributed by atoms with Crippen molar-refractivity contribution in [2.45, 2.75) is 34.6 Å². The van der Waals surface area contributed by atoms with Gasteiger partial charge in [-0.3, -0.25) is 4.79 Å². The summed E-state index contributed by atoms with van der Waals surface area (Å²) < 4.78 is 7.54. The van der Waals surface area contributed by atoms with Crippen LogP contribution in [0.25, 0.3) is 5.82 Å². The number of carbonyl (C=O) groups excluding carboxylic acids is 1. The van der Waals surface area contributed by atoms with E-state index in [2.05, 4.69) is 21.1 Å². The summed E-state index contributed by atoms with van der Waals surface area (Å²) in [4.78, 5) is 20.4. The third-order valence-electron chi connectivity index (χ3n) is 3.82. The Labute approximate surface area is 146 Å².